The largest absolute Gasteiger partial charge is 0.161 e. The molecule has 0 heterocycles. The molecule has 0 aliphatic carbocycles. The third-order valence-corrected chi connectivity index (χ3v) is 3.89. The zero-order valence-corrected chi connectivity index (χ0v) is 8.70. The molecule has 41 valence electrons. The average molecular weight is 292 g/mol. The molecule has 4 heteroatoms. The lowest BCUT2D eigenvalue weighted by Gasteiger charge is -1.88. The summed E-state index contributed by atoms with van der Waals surface area (Å²) in [5.74, 6) is 0. The monoisotopic (exact) mass is 291 g/mol. The second-order valence-corrected chi connectivity index (χ2v) is 3.99. The normalized spacial score (nSPS) is 10.6. The van der Waals surface area contributed by atoms with Crippen molar-refractivity contribution in [2.45, 2.75) is 0 Å². The summed E-state index contributed by atoms with van der Waals surface area (Å²) in [5.41, 5.74) is 0. The number of halogens is 2. The molecule has 0 aromatic carbocycles. The van der Waals surface area contributed by atoms with Gasteiger partial charge in [-0.25, -0.2) is 0 Å². The van der Waals surface area contributed by atoms with Crippen molar-refractivity contribution >= 4 is 54.0 Å². The lowest BCUT2D eigenvalue weighted by Crippen LogP contribution is -1.84. The molecule has 1 unspecified atom stereocenters. The second kappa shape index (κ2) is 7.70. The first kappa shape index (κ1) is 8.70. The Morgan fingerprint density at radius 3 is 2.86 bits per heavy atom. The zero-order valence-electron chi connectivity index (χ0n) is 3.95. The highest BCUT2D eigenvalue weighted by Gasteiger charge is 1.83. The van der Waals surface area contributed by atoms with E-state index in [4.69, 9.17) is 0 Å². The van der Waals surface area contributed by atoms with Crippen molar-refractivity contribution in [3.63, 3.8) is 0 Å². The van der Waals surface area contributed by atoms with Crippen molar-refractivity contribution in [3.05, 3.63) is 0 Å². The van der Waals surface area contributed by atoms with Gasteiger partial charge in [-0.3, -0.25) is 0 Å². The minimum Gasteiger partial charge on any atom is -0.161 e. The highest BCUT2D eigenvalue weighted by Crippen LogP contribution is 2.07. The SMILES string of the molecule is BrCCP[B]CI. The molecule has 7 heavy (non-hydrogen) atoms. The van der Waals surface area contributed by atoms with Gasteiger partial charge in [0.1, 0.15) is 0 Å². The topological polar surface area (TPSA) is 0 Å². The molecule has 0 fully saturated rings. The van der Waals surface area contributed by atoms with E-state index >= 15 is 0 Å². The van der Waals surface area contributed by atoms with Crippen LogP contribution in [0.3, 0.4) is 0 Å². The van der Waals surface area contributed by atoms with Crippen LogP contribution in [0.2, 0.25) is 0 Å². The molecule has 0 aromatic rings. The third-order valence-electron chi connectivity index (χ3n) is 0.460. The Morgan fingerprint density at radius 2 is 2.43 bits per heavy atom. The maximum Gasteiger partial charge on any atom is 0.154 e. The first-order valence-electron chi connectivity index (χ1n) is 2.08. The molecule has 1 radical (unpaired) electrons. The lowest BCUT2D eigenvalue weighted by atomic mass is 10.2. The lowest BCUT2D eigenvalue weighted by molar-refractivity contribution is 1.59. The van der Waals surface area contributed by atoms with Gasteiger partial charge >= 0.3 is 0 Å². The van der Waals surface area contributed by atoms with E-state index in [2.05, 4.69) is 45.5 Å². The number of hydrogen-bond acceptors (Lipinski definition) is 0. The van der Waals surface area contributed by atoms with Gasteiger partial charge in [0.25, 0.3) is 0 Å². The first-order chi connectivity index (χ1) is 3.41. The highest BCUT2D eigenvalue weighted by atomic mass is 127. The minimum absolute atomic E-state index is 1.05. The van der Waals surface area contributed by atoms with Gasteiger partial charge < -0.3 is 0 Å². The Hall–Kier alpha value is 1.70. The molecule has 0 aliphatic heterocycles. The zero-order chi connectivity index (χ0) is 5.54. The first-order valence-corrected chi connectivity index (χ1v) is 6.02. The second-order valence-electron chi connectivity index (χ2n) is 1.00. The van der Waals surface area contributed by atoms with Crippen molar-refractivity contribution in [1.82, 2.24) is 0 Å². The molecule has 0 rings (SSSR count). The summed E-state index contributed by atoms with van der Waals surface area (Å²) in [6, 6.07) is 0. The summed E-state index contributed by atoms with van der Waals surface area (Å²) in [4.78, 5) is 0. The van der Waals surface area contributed by atoms with Gasteiger partial charge in [-0.05, 0) is 10.5 Å². The Labute approximate surface area is 69.5 Å². The predicted octanol–water partition coefficient (Wildman–Crippen LogP) is 2.07. The Morgan fingerprint density at radius 1 is 1.71 bits per heavy atom. The van der Waals surface area contributed by atoms with Crippen LogP contribution in [0.1, 0.15) is 0 Å². The molecule has 0 spiro atoms. The molecule has 0 bridgehead atoms. The Bertz CT molecular complexity index is 34.1. The summed E-state index contributed by atoms with van der Waals surface area (Å²) in [6.45, 7) is 2.32. The van der Waals surface area contributed by atoms with Gasteiger partial charge in [0, 0.05) is 5.33 Å². The van der Waals surface area contributed by atoms with Crippen LogP contribution >= 0.6 is 47.0 Å². The predicted molar refractivity (Wildman–Crippen MR) is 51.6 cm³/mol. The highest BCUT2D eigenvalue weighted by molar-refractivity contribution is 14.1. The summed E-state index contributed by atoms with van der Waals surface area (Å²) >= 11 is 5.73. The molecule has 0 nitrogen and oxygen atoms in total. The maximum absolute atomic E-state index is 3.36. The van der Waals surface area contributed by atoms with E-state index in [1.54, 1.807) is 0 Å². The summed E-state index contributed by atoms with van der Waals surface area (Å²) in [7, 11) is 1.05. The fourth-order valence-electron chi connectivity index (χ4n) is 0.211. The van der Waals surface area contributed by atoms with Crippen LogP contribution in [0, 0.1) is 0 Å². The molecule has 0 N–H and O–H groups in total. The van der Waals surface area contributed by atoms with Gasteiger partial charge in [-0.15, -0.1) is 0 Å². The Balaban J connectivity index is 2.45. The van der Waals surface area contributed by atoms with E-state index in [1.807, 2.05) is 0 Å². The van der Waals surface area contributed by atoms with E-state index in [0.717, 1.165) is 13.8 Å². The van der Waals surface area contributed by atoms with E-state index < -0.39 is 0 Å². The average Bonchev–Trinajstić information content (AvgIpc) is 1.69. The van der Waals surface area contributed by atoms with E-state index in [1.165, 1.54) is 10.5 Å². The van der Waals surface area contributed by atoms with Crippen LogP contribution in [0.5, 0.6) is 0 Å². The smallest absolute Gasteiger partial charge is 0.154 e. The Kier molecular flexibility index (Phi) is 9.58. The molecule has 0 saturated carbocycles. The van der Waals surface area contributed by atoms with Crippen molar-refractivity contribution < 1.29 is 0 Å². The van der Waals surface area contributed by atoms with E-state index in [-0.39, 0.29) is 0 Å². The quantitative estimate of drug-likeness (QED) is 0.245. The number of alkyl halides is 2. The van der Waals surface area contributed by atoms with Gasteiger partial charge in [-0.2, -0.15) is 8.46 Å². The van der Waals surface area contributed by atoms with Crippen molar-refractivity contribution in [2.24, 2.45) is 0 Å². The van der Waals surface area contributed by atoms with Crippen LogP contribution in [0.15, 0.2) is 0 Å². The number of rotatable bonds is 4. The van der Waals surface area contributed by atoms with E-state index in [0.29, 0.717) is 0 Å². The van der Waals surface area contributed by atoms with Gasteiger partial charge in [0.15, 0.2) is 7.00 Å². The van der Waals surface area contributed by atoms with Crippen LogP contribution in [0.4, 0.5) is 0 Å². The van der Waals surface area contributed by atoms with Crippen molar-refractivity contribution in [3.8, 4) is 0 Å². The van der Waals surface area contributed by atoms with Gasteiger partial charge in [0.2, 0.25) is 0 Å². The molecular formula is C3H7BBrIP. The minimum atomic E-state index is 1.05. The van der Waals surface area contributed by atoms with Crippen LogP contribution < -0.4 is 0 Å². The van der Waals surface area contributed by atoms with Crippen molar-refractivity contribution in [1.29, 1.82) is 0 Å². The molecular weight excluding hydrogens is 285 g/mol. The fourth-order valence-corrected chi connectivity index (χ4v) is 2.25. The maximum atomic E-state index is 3.36. The van der Waals surface area contributed by atoms with Crippen LogP contribution in [0.25, 0.3) is 0 Å². The van der Waals surface area contributed by atoms with Crippen molar-refractivity contribution in [2.75, 3.05) is 15.8 Å². The molecule has 1 atom stereocenters. The standard InChI is InChI=1S/C3H7BBrIP/c5-1-2-7-4-3-6/h7H,1-3H2. The van der Waals surface area contributed by atoms with E-state index in [9.17, 15) is 0 Å². The van der Waals surface area contributed by atoms with Crippen LogP contribution in [-0.2, 0) is 0 Å². The fraction of sp³-hybridized carbons (Fsp3) is 1.00. The van der Waals surface area contributed by atoms with Gasteiger partial charge in [-0.1, -0.05) is 38.5 Å². The number of hydrogen-bond donors (Lipinski definition) is 0. The summed E-state index contributed by atoms with van der Waals surface area (Å²) < 4.78 is 1.20. The summed E-state index contributed by atoms with van der Waals surface area (Å²) in [5, 5.41) is 1.15. The molecule has 0 aliphatic rings. The molecule has 0 amide bonds. The molecule has 0 saturated heterocycles. The third kappa shape index (κ3) is 7.70. The summed E-state index contributed by atoms with van der Waals surface area (Å²) in [6.07, 6.45) is 1.31. The molecule has 0 aromatic heterocycles. The van der Waals surface area contributed by atoms with Gasteiger partial charge in [0.05, 0.1) is 0 Å². The van der Waals surface area contributed by atoms with Crippen LogP contribution in [-0.4, -0.2) is 22.8 Å².